The van der Waals surface area contributed by atoms with Gasteiger partial charge in [0.1, 0.15) is 0 Å². The van der Waals surface area contributed by atoms with Gasteiger partial charge in [-0.2, -0.15) is 4.31 Å². The van der Waals surface area contributed by atoms with Crippen molar-refractivity contribution in [2.24, 2.45) is 0 Å². The van der Waals surface area contributed by atoms with E-state index in [0.29, 0.717) is 18.2 Å². The fraction of sp³-hybridized carbons (Fsp3) is 0.227. The molecule has 0 saturated heterocycles. The van der Waals surface area contributed by atoms with Gasteiger partial charge < -0.3 is 0 Å². The number of benzene rings is 2. The van der Waals surface area contributed by atoms with Crippen molar-refractivity contribution >= 4 is 50.2 Å². The van der Waals surface area contributed by atoms with Crippen LogP contribution in [0.5, 0.6) is 0 Å². The average molecular weight is 489 g/mol. The van der Waals surface area contributed by atoms with Crippen molar-refractivity contribution in [1.82, 2.24) is 14.5 Å². The predicted molar refractivity (Wildman–Crippen MR) is 130 cm³/mol. The molecule has 0 aliphatic rings. The minimum Gasteiger partial charge on any atom is -0.297 e. The SMILES string of the molecule is CCN(CC)S(=O)(=O)c1ccc(/C=C/C(=O)Nc2nnc(SCc3ccccc3)s2)cc1. The lowest BCUT2D eigenvalue weighted by Gasteiger charge is -2.18. The Balaban J connectivity index is 1.55. The standard InChI is InChI=1S/C22H24N4O3S3/c1-3-26(4-2)32(28,29)19-13-10-17(11-14-19)12-15-20(27)23-21-24-25-22(31-21)30-16-18-8-6-5-7-9-18/h5-15H,3-4,16H2,1-2H3,(H,23,24,27)/b15-12+. The van der Waals surface area contributed by atoms with Crippen molar-refractivity contribution in [1.29, 1.82) is 0 Å². The quantitative estimate of drug-likeness (QED) is 0.256. The highest BCUT2D eigenvalue weighted by molar-refractivity contribution is 8.00. The Kier molecular flexibility index (Phi) is 8.57. The molecular formula is C22H24N4O3S3. The van der Waals surface area contributed by atoms with Crippen LogP contribution in [0.4, 0.5) is 5.13 Å². The molecule has 0 radical (unpaired) electrons. The van der Waals surface area contributed by atoms with E-state index in [1.54, 1.807) is 56.0 Å². The van der Waals surface area contributed by atoms with Crippen LogP contribution in [0.1, 0.15) is 25.0 Å². The number of carbonyl (C=O) groups excluding carboxylic acids is 1. The number of nitrogens with zero attached hydrogens (tertiary/aromatic N) is 3. The van der Waals surface area contributed by atoms with Gasteiger partial charge >= 0.3 is 0 Å². The molecule has 0 saturated carbocycles. The molecule has 0 aliphatic heterocycles. The van der Waals surface area contributed by atoms with Crippen LogP contribution in [0.2, 0.25) is 0 Å². The smallest absolute Gasteiger partial charge is 0.250 e. The molecule has 0 spiro atoms. The summed E-state index contributed by atoms with van der Waals surface area (Å²) in [4.78, 5) is 12.4. The van der Waals surface area contributed by atoms with Crippen LogP contribution in [0.25, 0.3) is 6.08 Å². The second-order valence-electron chi connectivity index (χ2n) is 6.63. The number of hydrogen-bond donors (Lipinski definition) is 1. The second-order valence-corrected chi connectivity index (χ2v) is 10.8. The molecule has 0 aliphatic carbocycles. The van der Waals surface area contributed by atoms with Gasteiger partial charge in [0.15, 0.2) is 4.34 Å². The number of rotatable bonds is 10. The summed E-state index contributed by atoms with van der Waals surface area (Å²) in [5.41, 5.74) is 1.91. The first-order valence-corrected chi connectivity index (χ1v) is 13.3. The molecule has 0 fully saturated rings. The van der Waals surface area contributed by atoms with E-state index < -0.39 is 10.0 Å². The lowest BCUT2D eigenvalue weighted by atomic mass is 10.2. The molecule has 1 amide bonds. The first-order chi connectivity index (χ1) is 15.4. The number of carbonyl (C=O) groups is 1. The Hall–Kier alpha value is -2.53. The molecule has 3 aromatic rings. The zero-order chi connectivity index (χ0) is 23.0. The van der Waals surface area contributed by atoms with E-state index in [4.69, 9.17) is 0 Å². The fourth-order valence-electron chi connectivity index (χ4n) is 2.82. The van der Waals surface area contributed by atoms with Gasteiger partial charge in [0.25, 0.3) is 0 Å². The van der Waals surface area contributed by atoms with Crippen molar-refractivity contribution in [3.63, 3.8) is 0 Å². The van der Waals surface area contributed by atoms with Crippen LogP contribution in [-0.4, -0.2) is 41.9 Å². The summed E-state index contributed by atoms with van der Waals surface area (Å²) in [5, 5.41) is 11.2. The number of aromatic nitrogens is 2. The van der Waals surface area contributed by atoms with Gasteiger partial charge in [0, 0.05) is 24.9 Å². The highest BCUT2D eigenvalue weighted by Gasteiger charge is 2.20. The third-order valence-corrected chi connectivity index (χ3v) is 8.60. The number of sulfonamides is 1. The highest BCUT2D eigenvalue weighted by Crippen LogP contribution is 2.28. The lowest BCUT2D eigenvalue weighted by Crippen LogP contribution is -2.30. The van der Waals surface area contributed by atoms with Crippen LogP contribution in [-0.2, 0) is 20.6 Å². The van der Waals surface area contributed by atoms with Gasteiger partial charge in [0.2, 0.25) is 21.1 Å². The van der Waals surface area contributed by atoms with E-state index in [2.05, 4.69) is 15.5 Å². The summed E-state index contributed by atoms with van der Waals surface area (Å²) in [7, 11) is -3.50. The topological polar surface area (TPSA) is 92.3 Å². The van der Waals surface area contributed by atoms with Gasteiger partial charge in [-0.05, 0) is 29.3 Å². The maximum atomic E-state index is 12.5. The molecule has 1 aromatic heterocycles. The molecule has 1 N–H and O–H groups in total. The summed E-state index contributed by atoms with van der Waals surface area (Å²) >= 11 is 2.88. The van der Waals surface area contributed by atoms with Crippen molar-refractivity contribution in [3.8, 4) is 0 Å². The Morgan fingerprint density at radius 2 is 1.75 bits per heavy atom. The zero-order valence-electron chi connectivity index (χ0n) is 17.8. The van der Waals surface area contributed by atoms with Gasteiger partial charge in [-0.15, -0.1) is 10.2 Å². The van der Waals surface area contributed by atoms with E-state index in [9.17, 15) is 13.2 Å². The van der Waals surface area contributed by atoms with E-state index in [0.717, 1.165) is 15.7 Å². The largest absolute Gasteiger partial charge is 0.297 e. The number of nitrogens with one attached hydrogen (secondary N) is 1. The maximum Gasteiger partial charge on any atom is 0.250 e. The fourth-order valence-corrected chi connectivity index (χ4v) is 5.99. The Morgan fingerprint density at radius 3 is 2.41 bits per heavy atom. The Bertz CT molecular complexity index is 1160. The summed E-state index contributed by atoms with van der Waals surface area (Å²) in [6, 6.07) is 16.5. The monoisotopic (exact) mass is 488 g/mol. The van der Waals surface area contributed by atoms with Gasteiger partial charge in [-0.25, -0.2) is 8.42 Å². The number of anilines is 1. The predicted octanol–water partition coefficient (Wildman–Crippen LogP) is 4.51. The average Bonchev–Trinajstić information content (AvgIpc) is 3.25. The normalized spacial score (nSPS) is 11.8. The van der Waals surface area contributed by atoms with Crippen LogP contribution in [0.3, 0.4) is 0 Å². The van der Waals surface area contributed by atoms with Crippen LogP contribution in [0.15, 0.2) is 69.9 Å². The number of hydrogen-bond acceptors (Lipinski definition) is 7. The minimum atomic E-state index is -3.50. The third-order valence-electron chi connectivity index (χ3n) is 4.49. The molecule has 3 rings (SSSR count). The van der Waals surface area contributed by atoms with E-state index in [-0.39, 0.29) is 10.8 Å². The molecule has 32 heavy (non-hydrogen) atoms. The second kappa shape index (κ2) is 11.4. The lowest BCUT2D eigenvalue weighted by molar-refractivity contribution is -0.111. The van der Waals surface area contributed by atoms with Crippen LogP contribution >= 0.6 is 23.1 Å². The van der Waals surface area contributed by atoms with E-state index in [1.165, 1.54) is 27.3 Å². The molecule has 2 aromatic carbocycles. The number of thioether (sulfide) groups is 1. The van der Waals surface area contributed by atoms with Crippen molar-refractivity contribution in [2.45, 2.75) is 28.8 Å². The number of amides is 1. The van der Waals surface area contributed by atoms with Crippen molar-refractivity contribution in [2.75, 3.05) is 18.4 Å². The van der Waals surface area contributed by atoms with Gasteiger partial charge in [-0.3, -0.25) is 10.1 Å². The van der Waals surface area contributed by atoms with Crippen LogP contribution < -0.4 is 5.32 Å². The van der Waals surface area contributed by atoms with E-state index >= 15 is 0 Å². The summed E-state index contributed by atoms with van der Waals surface area (Å²) in [6.45, 7) is 4.44. The highest BCUT2D eigenvalue weighted by atomic mass is 32.2. The molecular weight excluding hydrogens is 464 g/mol. The first kappa shape index (κ1) is 24.1. The summed E-state index contributed by atoms with van der Waals surface area (Å²) in [6.07, 6.45) is 3.00. The Morgan fingerprint density at radius 1 is 1.06 bits per heavy atom. The molecule has 0 unspecified atom stereocenters. The van der Waals surface area contributed by atoms with Crippen molar-refractivity contribution in [3.05, 3.63) is 71.8 Å². The summed E-state index contributed by atoms with van der Waals surface area (Å²) < 4.78 is 27.2. The molecule has 168 valence electrons. The Labute approximate surface area is 196 Å². The maximum absolute atomic E-state index is 12.5. The van der Waals surface area contributed by atoms with Gasteiger partial charge in [-0.1, -0.05) is 79.4 Å². The van der Waals surface area contributed by atoms with Crippen molar-refractivity contribution < 1.29 is 13.2 Å². The molecule has 1 heterocycles. The zero-order valence-corrected chi connectivity index (χ0v) is 20.2. The van der Waals surface area contributed by atoms with E-state index in [1.807, 2.05) is 30.3 Å². The molecule has 7 nitrogen and oxygen atoms in total. The molecule has 0 atom stereocenters. The van der Waals surface area contributed by atoms with Gasteiger partial charge in [0.05, 0.1) is 4.90 Å². The molecule has 10 heteroatoms. The molecule has 0 bridgehead atoms. The third kappa shape index (κ3) is 6.49. The summed E-state index contributed by atoms with van der Waals surface area (Å²) in [5.74, 6) is 0.448. The first-order valence-electron chi connectivity index (χ1n) is 10.0. The van der Waals surface area contributed by atoms with Crippen LogP contribution in [0, 0.1) is 0 Å². The minimum absolute atomic E-state index is 0.234.